The Labute approximate surface area is 134 Å². The Morgan fingerprint density at radius 2 is 1.95 bits per heavy atom. The van der Waals surface area contributed by atoms with Gasteiger partial charge in [0.05, 0.1) is 10.7 Å². The van der Waals surface area contributed by atoms with E-state index >= 15 is 0 Å². The van der Waals surface area contributed by atoms with E-state index in [0.717, 1.165) is 10.2 Å². The highest BCUT2D eigenvalue weighted by Crippen LogP contribution is 2.31. The van der Waals surface area contributed by atoms with Crippen LogP contribution in [-0.2, 0) is 17.1 Å². The summed E-state index contributed by atoms with van der Waals surface area (Å²) in [4.78, 5) is 0. The summed E-state index contributed by atoms with van der Waals surface area (Å²) in [6.07, 6.45) is 0. The molecule has 0 radical (unpaired) electrons. The molecule has 1 aromatic heterocycles. The van der Waals surface area contributed by atoms with Crippen LogP contribution in [0, 0.1) is 6.92 Å². The average molecular weight is 400 g/mol. The number of nitrogens with zero attached hydrogens (tertiary/aromatic N) is 3. The fraction of sp³-hybridized carbons (Fsp3) is 0.200. The smallest absolute Gasteiger partial charge is 0.277 e. The van der Waals surface area contributed by atoms with E-state index in [-0.39, 0.29) is 20.3 Å². The standard InChI is InChI=1S/C10H9BrCl2N4O2S/c1-5-3-7(13)8(4-6(5)12)15-20(18,19)10-9(11)14-16-17(10)2/h3-4,15H,1-2H3. The van der Waals surface area contributed by atoms with Crippen molar-refractivity contribution in [1.82, 2.24) is 15.0 Å². The molecule has 0 spiro atoms. The number of rotatable bonds is 3. The maximum atomic E-state index is 12.3. The zero-order chi connectivity index (χ0) is 15.1. The molecule has 0 bridgehead atoms. The van der Waals surface area contributed by atoms with Gasteiger partial charge in [-0.05, 0) is 40.5 Å². The SMILES string of the molecule is Cc1cc(Cl)c(NS(=O)(=O)c2c(Br)nnn2C)cc1Cl. The first-order chi connectivity index (χ1) is 9.22. The molecule has 20 heavy (non-hydrogen) atoms. The van der Waals surface area contributed by atoms with Crippen LogP contribution in [0.4, 0.5) is 5.69 Å². The lowest BCUT2D eigenvalue weighted by molar-refractivity contribution is 0.578. The molecule has 2 rings (SSSR count). The molecule has 6 nitrogen and oxygen atoms in total. The van der Waals surface area contributed by atoms with Crippen molar-refractivity contribution in [3.8, 4) is 0 Å². The minimum atomic E-state index is -3.89. The lowest BCUT2D eigenvalue weighted by Gasteiger charge is -2.11. The molecule has 0 fully saturated rings. The summed E-state index contributed by atoms with van der Waals surface area (Å²) in [5.74, 6) is 0. The van der Waals surface area contributed by atoms with E-state index in [9.17, 15) is 8.42 Å². The van der Waals surface area contributed by atoms with Crippen molar-refractivity contribution >= 4 is 54.8 Å². The first-order valence-corrected chi connectivity index (χ1v) is 8.29. The first kappa shape index (κ1) is 15.6. The van der Waals surface area contributed by atoms with Crippen molar-refractivity contribution in [1.29, 1.82) is 0 Å². The zero-order valence-electron chi connectivity index (χ0n) is 10.4. The van der Waals surface area contributed by atoms with Crippen molar-refractivity contribution in [2.45, 2.75) is 11.9 Å². The molecule has 0 amide bonds. The van der Waals surface area contributed by atoms with Gasteiger partial charge in [-0.2, -0.15) is 8.42 Å². The first-order valence-electron chi connectivity index (χ1n) is 5.26. The van der Waals surface area contributed by atoms with Gasteiger partial charge < -0.3 is 0 Å². The largest absolute Gasteiger partial charge is 0.281 e. The molecule has 108 valence electrons. The van der Waals surface area contributed by atoms with Crippen LogP contribution in [0.3, 0.4) is 0 Å². The second-order valence-corrected chi connectivity index (χ2v) is 7.16. The predicted octanol–water partition coefficient (Wildman–Crippen LogP) is 2.99. The van der Waals surface area contributed by atoms with Crippen LogP contribution >= 0.6 is 39.1 Å². The molecular formula is C10H9BrCl2N4O2S. The van der Waals surface area contributed by atoms with Crippen LogP contribution in [-0.4, -0.2) is 23.4 Å². The third kappa shape index (κ3) is 2.93. The molecular weight excluding hydrogens is 391 g/mol. The summed E-state index contributed by atoms with van der Waals surface area (Å²) in [5.41, 5.74) is 0.943. The Balaban J connectivity index is 2.47. The van der Waals surface area contributed by atoms with Gasteiger partial charge in [0.25, 0.3) is 10.0 Å². The fourth-order valence-electron chi connectivity index (χ4n) is 1.53. The van der Waals surface area contributed by atoms with E-state index in [0.29, 0.717) is 5.02 Å². The number of halogens is 3. The third-order valence-corrected chi connectivity index (χ3v) is 5.46. The van der Waals surface area contributed by atoms with Gasteiger partial charge in [-0.3, -0.25) is 4.72 Å². The number of benzene rings is 1. The Kier molecular flexibility index (Phi) is 4.29. The van der Waals surface area contributed by atoms with Crippen molar-refractivity contribution in [3.63, 3.8) is 0 Å². The maximum Gasteiger partial charge on any atom is 0.281 e. The highest BCUT2D eigenvalue weighted by Gasteiger charge is 2.25. The summed E-state index contributed by atoms with van der Waals surface area (Å²) in [7, 11) is -2.42. The molecule has 10 heteroatoms. The molecule has 2 aromatic rings. The molecule has 1 heterocycles. The fourth-order valence-corrected chi connectivity index (χ4v) is 4.18. The van der Waals surface area contributed by atoms with Gasteiger partial charge in [-0.1, -0.05) is 28.4 Å². The molecule has 1 N–H and O–H groups in total. The molecule has 0 aliphatic carbocycles. The average Bonchev–Trinajstić information content (AvgIpc) is 2.66. The third-order valence-electron chi connectivity index (χ3n) is 2.48. The van der Waals surface area contributed by atoms with Crippen LogP contribution in [0.2, 0.25) is 10.0 Å². The Bertz CT molecular complexity index is 756. The van der Waals surface area contributed by atoms with Gasteiger partial charge in [0.15, 0.2) is 4.60 Å². The number of aryl methyl sites for hydroxylation is 2. The maximum absolute atomic E-state index is 12.3. The van der Waals surface area contributed by atoms with Gasteiger partial charge in [0.2, 0.25) is 5.03 Å². The van der Waals surface area contributed by atoms with Crippen molar-refractivity contribution in [2.24, 2.45) is 7.05 Å². The van der Waals surface area contributed by atoms with E-state index < -0.39 is 10.0 Å². The summed E-state index contributed by atoms with van der Waals surface area (Å²) < 4.78 is 28.2. The van der Waals surface area contributed by atoms with E-state index in [1.165, 1.54) is 13.1 Å². The normalized spacial score (nSPS) is 11.7. The molecule has 0 saturated carbocycles. The minimum absolute atomic E-state index is 0.106. The summed E-state index contributed by atoms with van der Waals surface area (Å²) in [6, 6.07) is 3.03. The number of hydrogen-bond acceptors (Lipinski definition) is 4. The Morgan fingerprint density at radius 1 is 1.30 bits per heavy atom. The van der Waals surface area contributed by atoms with Crippen LogP contribution in [0.5, 0.6) is 0 Å². The van der Waals surface area contributed by atoms with Gasteiger partial charge in [-0.25, -0.2) is 4.68 Å². The van der Waals surface area contributed by atoms with Gasteiger partial charge >= 0.3 is 0 Å². The van der Waals surface area contributed by atoms with E-state index in [4.69, 9.17) is 23.2 Å². The molecule has 1 aromatic carbocycles. The molecule has 0 unspecified atom stereocenters. The summed E-state index contributed by atoms with van der Waals surface area (Å²) in [5, 5.41) is 7.81. The Hall–Kier alpha value is -0.830. The molecule has 0 aliphatic heterocycles. The van der Waals surface area contributed by atoms with Crippen LogP contribution < -0.4 is 4.72 Å². The Morgan fingerprint density at radius 3 is 2.50 bits per heavy atom. The second kappa shape index (κ2) is 5.51. The summed E-state index contributed by atoms with van der Waals surface area (Å²) in [6.45, 7) is 1.77. The topological polar surface area (TPSA) is 76.9 Å². The van der Waals surface area contributed by atoms with Gasteiger partial charge in [0, 0.05) is 12.1 Å². The van der Waals surface area contributed by atoms with E-state index in [2.05, 4.69) is 31.0 Å². The lowest BCUT2D eigenvalue weighted by atomic mass is 10.2. The van der Waals surface area contributed by atoms with Crippen molar-refractivity contribution in [3.05, 3.63) is 32.3 Å². The highest BCUT2D eigenvalue weighted by atomic mass is 79.9. The zero-order valence-corrected chi connectivity index (χ0v) is 14.3. The summed E-state index contributed by atoms with van der Waals surface area (Å²) >= 11 is 15.0. The number of anilines is 1. The van der Waals surface area contributed by atoms with Crippen LogP contribution in [0.1, 0.15) is 5.56 Å². The second-order valence-electron chi connectivity index (χ2n) is 4.00. The van der Waals surface area contributed by atoms with Gasteiger partial charge in [0.1, 0.15) is 0 Å². The van der Waals surface area contributed by atoms with E-state index in [1.807, 2.05) is 0 Å². The minimum Gasteiger partial charge on any atom is -0.277 e. The number of nitrogens with one attached hydrogen (secondary N) is 1. The number of hydrogen-bond donors (Lipinski definition) is 1. The van der Waals surface area contributed by atoms with E-state index in [1.54, 1.807) is 13.0 Å². The van der Waals surface area contributed by atoms with Gasteiger partial charge in [-0.15, -0.1) is 5.10 Å². The molecule has 0 atom stereocenters. The van der Waals surface area contributed by atoms with Crippen molar-refractivity contribution < 1.29 is 8.42 Å². The highest BCUT2D eigenvalue weighted by molar-refractivity contribution is 9.10. The lowest BCUT2D eigenvalue weighted by Crippen LogP contribution is -2.17. The van der Waals surface area contributed by atoms with Crippen LogP contribution in [0.25, 0.3) is 0 Å². The van der Waals surface area contributed by atoms with Crippen molar-refractivity contribution in [2.75, 3.05) is 4.72 Å². The molecule has 0 saturated heterocycles. The molecule has 0 aliphatic rings. The predicted molar refractivity (Wildman–Crippen MR) is 80.7 cm³/mol. The van der Waals surface area contributed by atoms with Crippen LogP contribution in [0.15, 0.2) is 21.8 Å². The number of aromatic nitrogens is 3. The number of sulfonamides is 1. The quantitative estimate of drug-likeness (QED) is 0.860. The monoisotopic (exact) mass is 398 g/mol.